The first-order valence-electron chi connectivity index (χ1n) is 10.7. The summed E-state index contributed by atoms with van der Waals surface area (Å²) in [5.41, 5.74) is -1.35. The SMILES string of the molecule is CCS(=O)(=O)N[C@@H]1[C@H](Cc2csc(-c3cc(F)cc(F)c3)n2)N(C(=O)C2(O)CCC2)CC1(F)F. The number of amides is 1. The van der Waals surface area contributed by atoms with Gasteiger partial charge in [-0.3, -0.25) is 4.79 Å². The number of benzene rings is 1. The lowest BCUT2D eigenvalue weighted by atomic mass is 9.79. The number of sulfonamides is 1. The third-order valence-corrected chi connectivity index (χ3v) is 8.54. The third kappa shape index (κ3) is 4.83. The summed E-state index contributed by atoms with van der Waals surface area (Å²) in [7, 11) is -4.05. The molecule has 1 aromatic carbocycles. The number of carbonyl (C=O) groups is 1. The van der Waals surface area contributed by atoms with E-state index in [9.17, 15) is 27.1 Å². The molecule has 1 amide bonds. The minimum Gasteiger partial charge on any atom is -0.380 e. The summed E-state index contributed by atoms with van der Waals surface area (Å²) >= 11 is 1.03. The van der Waals surface area contributed by atoms with Crippen LogP contribution in [-0.4, -0.2) is 65.2 Å². The third-order valence-electron chi connectivity index (χ3n) is 6.23. The fourth-order valence-electron chi connectivity index (χ4n) is 4.21. The summed E-state index contributed by atoms with van der Waals surface area (Å²) in [6.07, 6.45) is 0.598. The van der Waals surface area contributed by atoms with Gasteiger partial charge in [0, 0.05) is 23.4 Å². The van der Waals surface area contributed by atoms with Gasteiger partial charge in [-0.2, -0.15) is 0 Å². The van der Waals surface area contributed by atoms with Crippen molar-refractivity contribution >= 4 is 27.3 Å². The van der Waals surface area contributed by atoms with E-state index in [1.165, 1.54) is 12.3 Å². The zero-order valence-electron chi connectivity index (χ0n) is 18.1. The molecule has 2 aliphatic rings. The Morgan fingerprint density at radius 2 is 1.91 bits per heavy atom. The van der Waals surface area contributed by atoms with Gasteiger partial charge in [-0.25, -0.2) is 35.7 Å². The molecule has 13 heteroatoms. The molecule has 1 saturated heterocycles. The van der Waals surface area contributed by atoms with Gasteiger partial charge in [0.1, 0.15) is 28.3 Å². The number of rotatable bonds is 7. The summed E-state index contributed by atoms with van der Waals surface area (Å²) in [5.74, 6) is -6.50. The molecule has 2 aromatic rings. The molecule has 0 spiro atoms. The van der Waals surface area contributed by atoms with Gasteiger partial charge in [0.15, 0.2) is 0 Å². The number of hydrogen-bond donors (Lipinski definition) is 2. The Morgan fingerprint density at radius 3 is 2.47 bits per heavy atom. The highest BCUT2D eigenvalue weighted by molar-refractivity contribution is 7.89. The Bertz CT molecular complexity index is 1180. The van der Waals surface area contributed by atoms with Crippen molar-refractivity contribution in [2.75, 3.05) is 12.3 Å². The van der Waals surface area contributed by atoms with Gasteiger partial charge in [0.2, 0.25) is 10.0 Å². The Kier molecular flexibility index (Phi) is 6.51. The van der Waals surface area contributed by atoms with Crippen LogP contribution in [0.4, 0.5) is 17.6 Å². The number of carbonyl (C=O) groups excluding carboxylic acids is 1. The van der Waals surface area contributed by atoms with Gasteiger partial charge >= 0.3 is 0 Å². The second-order valence-corrected chi connectivity index (χ2v) is 11.6. The molecule has 0 radical (unpaired) electrons. The van der Waals surface area contributed by atoms with Crippen molar-refractivity contribution in [2.24, 2.45) is 0 Å². The molecule has 2 heterocycles. The van der Waals surface area contributed by atoms with Gasteiger partial charge in [-0.1, -0.05) is 0 Å². The standard InChI is InChI=1S/C21H23F4N3O4S2/c1-2-34(31,32)27-17-16(28(11-21(17,24)25)19(29)20(30)4-3-5-20)9-15-10-33-18(26-15)12-6-13(22)8-14(23)7-12/h6-8,10,16-17,27,30H,2-5,9,11H2,1H3/t16-,17+/m0/s1. The number of nitrogens with one attached hydrogen (secondary N) is 1. The van der Waals surface area contributed by atoms with E-state index in [0.29, 0.717) is 12.5 Å². The van der Waals surface area contributed by atoms with Gasteiger partial charge < -0.3 is 10.0 Å². The predicted octanol–water partition coefficient (Wildman–Crippen LogP) is 2.70. The second kappa shape index (κ2) is 8.85. The average Bonchev–Trinajstić information content (AvgIpc) is 3.29. The number of hydrogen-bond acceptors (Lipinski definition) is 6. The first-order chi connectivity index (χ1) is 15.8. The van der Waals surface area contributed by atoms with Crippen LogP contribution < -0.4 is 4.72 Å². The Labute approximate surface area is 197 Å². The highest BCUT2D eigenvalue weighted by Gasteiger charge is 2.60. The first-order valence-corrected chi connectivity index (χ1v) is 13.2. The molecule has 2 N–H and O–H groups in total. The van der Waals surface area contributed by atoms with Crippen molar-refractivity contribution in [3.05, 3.63) is 40.9 Å². The molecule has 1 aliphatic heterocycles. The molecular formula is C21H23F4N3O4S2. The van der Waals surface area contributed by atoms with E-state index < -0.39 is 63.5 Å². The molecule has 1 saturated carbocycles. The van der Waals surface area contributed by atoms with Gasteiger partial charge in [-0.15, -0.1) is 11.3 Å². The lowest BCUT2D eigenvalue weighted by molar-refractivity contribution is -0.162. The highest BCUT2D eigenvalue weighted by atomic mass is 32.2. The van der Waals surface area contributed by atoms with E-state index in [2.05, 4.69) is 4.98 Å². The van der Waals surface area contributed by atoms with Gasteiger partial charge in [0.25, 0.3) is 11.8 Å². The molecule has 0 unspecified atom stereocenters. The maximum atomic E-state index is 15.0. The number of halogens is 4. The van der Waals surface area contributed by atoms with Crippen LogP contribution in [0.2, 0.25) is 0 Å². The van der Waals surface area contributed by atoms with Crippen LogP contribution in [0.1, 0.15) is 31.9 Å². The quantitative estimate of drug-likeness (QED) is 0.546. The lowest BCUT2D eigenvalue weighted by Crippen LogP contribution is -2.57. The smallest absolute Gasteiger partial charge is 0.283 e. The van der Waals surface area contributed by atoms with E-state index in [0.717, 1.165) is 28.4 Å². The summed E-state index contributed by atoms with van der Waals surface area (Å²) in [4.78, 5) is 18.1. The predicted molar refractivity (Wildman–Crippen MR) is 117 cm³/mol. The lowest BCUT2D eigenvalue weighted by Gasteiger charge is -2.40. The van der Waals surface area contributed by atoms with E-state index in [-0.39, 0.29) is 35.5 Å². The Balaban J connectivity index is 1.67. The fourth-order valence-corrected chi connectivity index (χ4v) is 5.92. The number of nitrogens with zero attached hydrogens (tertiary/aromatic N) is 2. The van der Waals surface area contributed by atoms with Crippen LogP contribution in [0.3, 0.4) is 0 Å². The molecule has 186 valence electrons. The van der Waals surface area contributed by atoms with Gasteiger partial charge in [0.05, 0.1) is 24.0 Å². The summed E-state index contributed by atoms with van der Waals surface area (Å²) in [5, 5.41) is 12.2. The maximum absolute atomic E-state index is 15.0. The van der Waals surface area contributed by atoms with Crippen LogP contribution in [0.15, 0.2) is 23.6 Å². The molecule has 1 aliphatic carbocycles. The second-order valence-electron chi connectivity index (χ2n) is 8.65. The fraction of sp³-hybridized carbons (Fsp3) is 0.524. The van der Waals surface area contributed by atoms with Crippen LogP contribution in [-0.2, 0) is 21.2 Å². The Hall–Kier alpha value is -2.09. The van der Waals surface area contributed by atoms with Crippen LogP contribution in [0, 0.1) is 11.6 Å². The molecule has 4 rings (SSSR count). The molecular weight excluding hydrogens is 498 g/mol. The van der Waals surface area contributed by atoms with E-state index in [1.54, 1.807) is 0 Å². The van der Waals surface area contributed by atoms with Gasteiger partial charge in [-0.05, 0) is 38.3 Å². The van der Waals surface area contributed by atoms with Crippen LogP contribution >= 0.6 is 11.3 Å². The number of aromatic nitrogens is 1. The maximum Gasteiger partial charge on any atom is 0.283 e. The van der Waals surface area contributed by atoms with Crippen molar-refractivity contribution < 1.29 is 35.9 Å². The molecule has 7 nitrogen and oxygen atoms in total. The number of aliphatic hydroxyl groups is 1. The topological polar surface area (TPSA) is 99.6 Å². The van der Waals surface area contributed by atoms with Crippen molar-refractivity contribution in [3.63, 3.8) is 0 Å². The van der Waals surface area contributed by atoms with Crippen molar-refractivity contribution in [3.8, 4) is 10.6 Å². The molecule has 2 atom stereocenters. The normalized spacial score (nSPS) is 23.6. The number of likely N-dealkylation sites (tertiary alicyclic amines) is 1. The summed E-state index contributed by atoms with van der Waals surface area (Å²) in [6, 6.07) is -0.391. The minimum atomic E-state index is -4.05. The zero-order valence-corrected chi connectivity index (χ0v) is 19.7. The largest absolute Gasteiger partial charge is 0.380 e. The molecule has 2 fully saturated rings. The summed E-state index contributed by atoms with van der Waals surface area (Å²) < 4.78 is 83.5. The monoisotopic (exact) mass is 521 g/mol. The van der Waals surface area contributed by atoms with Crippen molar-refractivity contribution in [1.29, 1.82) is 0 Å². The zero-order chi connectivity index (χ0) is 24.9. The Morgan fingerprint density at radius 1 is 1.26 bits per heavy atom. The number of thiazole rings is 1. The summed E-state index contributed by atoms with van der Waals surface area (Å²) in [6.45, 7) is 0.247. The van der Waals surface area contributed by atoms with Crippen LogP contribution in [0.5, 0.6) is 0 Å². The van der Waals surface area contributed by atoms with Crippen molar-refractivity contribution in [1.82, 2.24) is 14.6 Å². The highest BCUT2D eigenvalue weighted by Crippen LogP contribution is 2.40. The minimum absolute atomic E-state index is 0.137. The molecule has 34 heavy (non-hydrogen) atoms. The van der Waals surface area contributed by atoms with Crippen molar-refractivity contribution in [2.45, 2.75) is 56.2 Å². The van der Waals surface area contributed by atoms with E-state index in [1.807, 2.05) is 4.72 Å². The van der Waals surface area contributed by atoms with E-state index in [4.69, 9.17) is 0 Å². The molecule has 0 bridgehead atoms. The first kappa shape index (κ1) is 25.0. The molecule has 1 aromatic heterocycles. The van der Waals surface area contributed by atoms with E-state index >= 15 is 8.78 Å². The van der Waals surface area contributed by atoms with Crippen LogP contribution in [0.25, 0.3) is 10.6 Å². The average molecular weight is 522 g/mol. The number of alkyl halides is 2.